The molecule has 2 unspecified atom stereocenters. The molecule has 1 amide bonds. The summed E-state index contributed by atoms with van der Waals surface area (Å²) in [4.78, 5) is 29.0. The molecule has 0 aromatic carbocycles. The predicted molar refractivity (Wildman–Crippen MR) is 72.8 cm³/mol. The molecule has 2 rings (SSSR count). The monoisotopic (exact) mass is 281 g/mol. The Hall–Kier alpha value is -1.76. The van der Waals surface area contributed by atoms with E-state index in [2.05, 4.69) is 4.98 Å². The molecule has 2 atom stereocenters. The Morgan fingerprint density at radius 3 is 2.84 bits per heavy atom. The van der Waals surface area contributed by atoms with E-state index in [1.165, 1.54) is 28.9 Å². The second kappa shape index (κ2) is 5.48. The first-order chi connectivity index (χ1) is 9.04. The summed E-state index contributed by atoms with van der Waals surface area (Å²) in [6.45, 7) is 1.93. The smallest absolute Gasteiger partial charge is 0.327 e. The highest BCUT2D eigenvalue weighted by molar-refractivity contribution is 8.00. The number of hydrogen-bond donors (Lipinski definition) is 2. The lowest BCUT2D eigenvalue weighted by atomic mass is 10.2. The summed E-state index contributed by atoms with van der Waals surface area (Å²) in [5, 5.41) is 9.07. The Morgan fingerprint density at radius 1 is 1.58 bits per heavy atom. The number of anilines is 1. The van der Waals surface area contributed by atoms with Gasteiger partial charge < -0.3 is 15.7 Å². The van der Waals surface area contributed by atoms with Crippen molar-refractivity contribution >= 4 is 29.3 Å². The van der Waals surface area contributed by atoms with E-state index in [0.29, 0.717) is 17.9 Å². The number of nitrogen functional groups attached to an aromatic ring is 1. The second-order valence-electron chi connectivity index (χ2n) is 4.24. The lowest BCUT2D eigenvalue weighted by molar-refractivity contribution is -0.141. The zero-order valence-corrected chi connectivity index (χ0v) is 11.3. The molecule has 0 spiro atoms. The van der Waals surface area contributed by atoms with Crippen molar-refractivity contribution in [3.63, 3.8) is 0 Å². The van der Waals surface area contributed by atoms with Crippen molar-refractivity contribution in [3.05, 3.63) is 24.0 Å². The fraction of sp³-hybridized carbons (Fsp3) is 0.417. The lowest BCUT2D eigenvalue weighted by Crippen LogP contribution is -2.45. The van der Waals surface area contributed by atoms with E-state index in [1.54, 1.807) is 6.07 Å². The molecule has 1 saturated heterocycles. The van der Waals surface area contributed by atoms with Gasteiger partial charge in [0, 0.05) is 5.75 Å². The molecule has 1 aromatic heterocycles. The van der Waals surface area contributed by atoms with E-state index in [4.69, 9.17) is 5.73 Å². The number of aliphatic carboxylic acids is 1. The highest BCUT2D eigenvalue weighted by Gasteiger charge is 2.41. The van der Waals surface area contributed by atoms with Gasteiger partial charge in [0.1, 0.15) is 11.7 Å². The maximum atomic E-state index is 12.4. The van der Waals surface area contributed by atoms with Crippen molar-refractivity contribution in [2.24, 2.45) is 0 Å². The van der Waals surface area contributed by atoms with Crippen molar-refractivity contribution < 1.29 is 14.7 Å². The fourth-order valence-electron chi connectivity index (χ4n) is 2.00. The van der Waals surface area contributed by atoms with E-state index in [-0.39, 0.29) is 17.0 Å². The summed E-state index contributed by atoms with van der Waals surface area (Å²) >= 11 is 1.48. The van der Waals surface area contributed by atoms with Crippen LogP contribution in [0.3, 0.4) is 0 Å². The molecule has 1 fully saturated rings. The zero-order chi connectivity index (χ0) is 14.0. The topological polar surface area (TPSA) is 96.5 Å². The molecular weight excluding hydrogens is 266 g/mol. The van der Waals surface area contributed by atoms with Crippen LogP contribution in [0.5, 0.6) is 0 Å². The van der Waals surface area contributed by atoms with Gasteiger partial charge in [-0.15, -0.1) is 11.8 Å². The normalized spacial score (nSPS) is 22.5. The highest BCUT2D eigenvalue weighted by Crippen LogP contribution is 2.32. The zero-order valence-electron chi connectivity index (χ0n) is 10.4. The summed E-state index contributed by atoms with van der Waals surface area (Å²) in [6, 6.07) is 2.31. The third-order valence-electron chi connectivity index (χ3n) is 2.97. The number of carboxylic acid groups (broad SMARTS) is 1. The van der Waals surface area contributed by atoms with Crippen LogP contribution < -0.4 is 5.73 Å². The number of carbonyl (C=O) groups excluding carboxylic acids is 1. The SMILES string of the molecule is CCC1SCC(C(=O)O)N1C(=O)c1ccc(N)cn1. The van der Waals surface area contributed by atoms with Crippen molar-refractivity contribution in [2.45, 2.75) is 24.8 Å². The minimum Gasteiger partial charge on any atom is -0.480 e. The summed E-state index contributed by atoms with van der Waals surface area (Å²) in [5.74, 6) is -0.925. The molecular formula is C12H15N3O3S. The summed E-state index contributed by atoms with van der Waals surface area (Å²) in [7, 11) is 0. The van der Waals surface area contributed by atoms with Crippen LogP contribution in [-0.2, 0) is 4.79 Å². The molecule has 0 radical (unpaired) electrons. The van der Waals surface area contributed by atoms with Crippen molar-refractivity contribution in [1.29, 1.82) is 0 Å². The molecule has 1 aromatic rings. The first-order valence-corrected chi connectivity index (χ1v) is 6.98. The average molecular weight is 281 g/mol. The van der Waals surface area contributed by atoms with Crippen LogP contribution in [-0.4, -0.2) is 44.0 Å². The number of rotatable bonds is 3. The number of nitrogens with zero attached hydrogens (tertiary/aromatic N) is 2. The van der Waals surface area contributed by atoms with Crippen LogP contribution in [0.4, 0.5) is 5.69 Å². The lowest BCUT2D eigenvalue weighted by Gasteiger charge is -2.26. The van der Waals surface area contributed by atoms with Crippen molar-refractivity contribution in [2.75, 3.05) is 11.5 Å². The van der Waals surface area contributed by atoms with Crippen molar-refractivity contribution in [3.8, 4) is 0 Å². The Kier molecular flexibility index (Phi) is 3.94. The average Bonchev–Trinajstić information content (AvgIpc) is 2.82. The minimum atomic E-state index is -0.979. The molecule has 102 valence electrons. The van der Waals surface area contributed by atoms with Crippen LogP contribution >= 0.6 is 11.8 Å². The van der Waals surface area contributed by atoms with Gasteiger partial charge in [-0.2, -0.15) is 0 Å². The van der Waals surface area contributed by atoms with E-state index in [0.717, 1.165) is 0 Å². The molecule has 1 aliphatic rings. The molecule has 0 saturated carbocycles. The first kappa shape index (κ1) is 13.7. The van der Waals surface area contributed by atoms with E-state index in [1.807, 2.05) is 6.92 Å². The van der Waals surface area contributed by atoms with Gasteiger partial charge in [-0.05, 0) is 18.6 Å². The maximum absolute atomic E-state index is 12.4. The van der Waals surface area contributed by atoms with Crippen molar-refractivity contribution in [1.82, 2.24) is 9.88 Å². The van der Waals surface area contributed by atoms with Crippen LogP contribution in [0.1, 0.15) is 23.8 Å². The minimum absolute atomic E-state index is 0.118. The molecule has 2 heterocycles. The molecule has 19 heavy (non-hydrogen) atoms. The van der Waals surface area contributed by atoms with Gasteiger partial charge in [0.2, 0.25) is 0 Å². The Morgan fingerprint density at radius 2 is 2.32 bits per heavy atom. The van der Waals surface area contributed by atoms with Gasteiger partial charge in [-0.3, -0.25) is 4.79 Å². The maximum Gasteiger partial charge on any atom is 0.327 e. The van der Waals surface area contributed by atoms with Crippen LogP contribution in [0.2, 0.25) is 0 Å². The van der Waals surface area contributed by atoms with E-state index < -0.39 is 12.0 Å². The largest absolute Gasteiger partial charge is 0.480 e. The molecule has 1 aliphatic heterocycles. The second-order valence-corrected chi connectivity index (χ2v) is 5.45. The predicted octanol–water partition coefficient (Wildman–Crippen LogP) is 1.04. The Bertz CT molecular complexity index is 491. The number of thioether (sulfide) groups is 1. The molecule has 6 nitrogen and oxygen atoms in total. The Labute approximate surface area is 115 Å². The molecule has 0 bridgehead atoms. The fourth-order valence-corrected chi connectivity index (χ4v) is 3.35. The molecule has 3 N–H and O–H groups in total. The number of hydrogen-bond acceptors (Lipinski definition) is 5. The number of carboxylic acids is 1. The number of amides is 1. The third kappa shape index (κ3) is 2.65. The van der Waals surface area contributed by atoms with Gasteiger partial charge in [0.15, 0.2) is 0 Å². The molecule has 0 aliphatic carbocycles. The van der Waals surface area contributed by atoms with E-state index in [9.17, 15) is 14.7 Å². The van der Waals surface area contributed by atoms with Crippen LogP contribution in [0.25, 0.3) is 0 Å². The van der Waals surface area contributed by atoms with E-state index >= 15 is 0 Å². The quantitative estimate of drug-likeness (QED) is 0.859. The number of pyridine rings is 1. The standard InChI is InChI=1S/C12H15N3O3S/c1-2-10-15(9(6-19-10)12(17)18)11(16)8-4-3-7(13)5-14-8/h3-5,9-10H,2,6,13H2,1H3,(H,17,18). The number of carbonyl (C=O) groups is 2. The van der Waals surface area contributed by atoms with Gasteiger partial charge >= 0.3 is 5.97 Å². The van der Waals surface area contributed by atoms with Gasteiger partial charge in [-0.1, -0.05) is 6.92 Å². The third-order valence-corrected chi connectivity index (χ3v) is 4.42. The summed E-state index contributed by atoms with van der Waals surface area (Å²) in [6.07, 6.45) is 2.10. The highest BCUT2D eigenvalue weighted by atomic mass is 32.2. The first-order valence-electron chi connectivity index (χ1n) is 5.93. The Balaban J connectivity index is 2.28. The number of aromatic nitrogens is 1. The summed E-state index contributed by atoms with van der Waals surface area (Å²) in [5.41, 5.74) is 6.21. The number of nitrogens with two attached hydrogens (primary N) is 1. The van der Waals surface area contributed by atoms with Gasteiger partial charge in [-0.25, -0.2) is 9.78 Å². The van der Waals surface area contributed by atoms with Gasteiger partial charge in [0.25, 0.3) is 5.91 Å². The molecule has 7 heteroatoms. The summed E-state index contributed by atoms with van der Waals surface area (Å²) < 4.78 is 0. The van der Waals surface area contributed by atoms with Gasteiger partial charge in [0.05, 0.1) is 17.3 Å². The van der Waals surface area contributed by atoms with Crippen LogP contribution in [0.15, 0.2) is 18.3 Å². The van der Waals surface area contributed by atoms with Crippen LogP contribution in [0, 0.1) is 0 Å².